The van der Waals surface area contributed by atoms with E-state index >= 15 is 0 Å². The minimum atomic E-state index is -0.0860. The van der Waals surface area contributed by atoms with Gasteiger partial charge >= 0.3 is 0 Å². The molecule has 0 N–H and O–H groups in total. The number of aromatic nitrogens is 7. The Labute approximate surface area is 157 Å². The van der Waals surface area contributed by atoms with Gasteiger partial charge in [0, 0.05) is 26.3 Å². The zero-order valence-corrected chi connectivity index (χ0v) is 15.8. The average molecular weight is 372 g/mol. The summed E-state index contributed by atoms with van der Waals surface area (Å²) >= 11 is 0. The van der Waals surface area contributed by atoms with Gasteiger partial charge in [0.25, 0.3) is 5.89 Å². The van der Waals surface area contributed by atoms with Gasteiger partial charge in [0.15, 0.2) is 5.82 Å². The predicted molar refractivity (Wildman–Crippen MR) is 95.3 cm³/mol. The third-order valence-corrected chi connectivity index (χ3v) is 4.51. The molecular formula is C17H24N8O2. The molecule has 4 heterocycles. The zero-order valence-electron chi connectivity index (χ0n) is 15.8. The fourth-order valence-corrected chi connectivity index (χ4v) is 3.17. The Morgan fingerprint density at radius 2 is 2.19 bits per heavy atom. The molecule has 4 rings (SSSR count). The lowest BCUT2D eigenvalue weighted by molar-refractivity contribution is -0.0183. The SMILES string of the molecule is CC(C)Cn1ncnc1CN1CCOCC1c1noc(-c2cnn(C)c2)n1. The Hall–Kier alpha value is -2.59. The fourth-order valence-electron chi connectivity index (χ4n) is 3.17. The van der Waals surface area contributed by atoms with Gasteiger partial charge in [-0.2, -0.15) is 15.2 Å². The highest BCUT2D eigenvalue weighted by Gasteiger charge is 2.30. The van der Waals surface area contributed by atoms with Gasteiger partial charge in [-0.25, -0.2) is 9.67 Å². The van der Waals surface area contributed by atoms with E-state index in [0.29, 0.717) is 37.4 Å². The Balaban J connectivity index is 1.53. The summed E-state index contributed by atoms with van der Waals surface area (Å²) < 4.78 is 14.8. The van der Waals surface area contributed by atoms with Crippen molar-refractivity contribution in [1.82, 2.24) is 39.6 Å². The summed E-state index contributed by atoms with van der Waals surface area (Å²) in [5.41, 5.74) is 0.802. The monoisotopic (exact) mass is 372 g/mol. The van der Waals surface area contributed by atoms with Crippen LogP contribution in [-0.2, 0) is 24.9 Å². The summed E-state index contributed by atoms with van der Waals surface area (Å²) in [6, 6.07) is -0.0860. The van der Waals surface area contributed by atoms with Crippen LogP contribution in [0.1, 0.15) is 31.5 Å². The van der Waals surface area contributed by atoms with E-state index in [1.165, 1.54) is 0 Å². The minimum absolute atomic E-state index is 0.0860. The summed E-state index contributed by atoms with van der Waals surface area (Å²) in [5, 5.41) is 12.7. The van der Waals surface area contributed by atoms with Crippen molar-refractivity contribution in [1.29, 1.82) is 0 Å². The molecule has 10 nitrogen and oxygen atoms in total. The quantitative estimate of drug-likeness (QED) is 0.638. The van der Waals surface area contributed by atoms with E-state index in [4.69, 9.17) is 9.26 Å². The van der Waals surface area contributed by atoms with E-state index in [-0.39, 0.29) is 6.04 Å². The first-order valence-electron chi connectivity index (χ1n) is 9.11. The average Bonchev–Trinajstić information content (AvgIpc) is 3.37. The molecule has 0 radical (unpaired) electrons. The van der Waals surface area contributed by atoms with Crippen molar-refractivity contribution in [3.05, 3.63) is 30.4 Å². The van der Waals surface area contributed by atoms with Gasteiger partial charge in [-0.05, 0) is 5.92 Å². The van der Waals surface area contributed by atoms with Crippen LogP contribution in [-0.4, -0.2) is 59.3 Å². The van der Waals surface area contributed by atoms with Crippen LogP contribution in [0.3, 0.4) is 0 Å². The lowest BCUT2D eigenvalue weighted by Crippen LogP contribution is -2.40. The van der Waals surface area contributed by atoms with Gasteiger partial charge in [0.2, 0.25) is 0 Å². The first kappa shape index (κ1) is 17.8. The molecule has 0 amide bonds. The molecule has 1 aliphatic heterocycles. The van der Waals surface area contributed by atoms with E-state index in [1.54, 1.807) is 17.2 Å². The zero-order chi connectivity index (χ0) is 18.8. The Kier molecular flexibility index (Phi) is 4.99. The molecule has 1 saturated heterocycles. The molecule has 0 aromatic carbocycles. The second-order valence-corrected chi connectivity index (χ2v) is 7.17. The van der Waals surface area contributed by atoms with Crippen molar-refractivity contribution in [2.75, 3.05) is 19.8 Å². The van der Waals surface area contributed by atoms with Crippen molar-refractivity contribution in [3.8, 4) is 11.5 Å². The fraction of sp³-hybridized carbons (Fsp3) is 0.588. The summed E-state index contributed by atoms with van der Waals surface area (Å²) in [7, 11) is 1.85. The van der Waals surface area contributed by atoms with Crippen LogP contribution >= 0.6 is 0 Å². The topological polar surface area (TPSA) is 99.9 Å². The van der Waals surface area contributed by atoms with Gasteiger partial charge in [0.1, 0.15) is 12.2 Å². The van der Waals surface area contributed by atoms with Gasteiger partial charge < -0.3 is 9.26 Å². The molecule has 10 heteroatoms. The van der Waals surface area contributed by atoms with E-state index in [0.717, 1.165) is 24.5 Å². The second-order valence-electron chi connectivity index (χ2n) is 7.17. The van der Waals surface area contributed by atoms with Crippen LogP contribution < -0.4 is 0 Å². The van der Waals surface area contributed by atoms with E-state index in [2.05, 4.69) is 44.1 Å². The number of nitrogens with zero attached hydrogens (tertiary/aromatic N) is 8. The molecule has 0 saturated carbocycles. The lowest BCUT2D eigenvalue weighted by atomic mass is 10.2. The second kappa shape index (κ2) is 7.57. The summed E-state index contributed by atoms with van der Waals surface area (Å²) in [4.78, 5) is 11.3. The van der Waals surface area contributed by atoms with Crippen LogP contribution in [0.5, 0.6) is 0 Å². The number of morpholine rings is 1. The van der Waals surface area contributed by atoms with Gasteiger partial charge in [-0.3, -0.25) is 9.58 Å². The predicted octanol–water partition coefficient (Wildman–Crippen LogP) is 1.29. The first-order chi connectivity index (χ1) is 13.1. The van der Waals surface area contributed by atoms with Crippen molar-refractivity contribution >= 4 is 0 Å². The maximum atomic E-state index is 5.68. The molecule has 0 spiro atoms. The molecule has 3 aromatic heterocycles. The minimum Gasteiger partial charge on any atom is -0.378 e. The normalized spacial score (nSPS) is 18.4. The maximum Gasteiger partial charge on any atom is 0.261 e. The number of hydrogen-bond acceptors (Lipinski definition) is 8. The molecule has 1 unspecified atom stereocenters. The number of rotatable bonds is 6. The maximum absolute atomic E-state index is 5.68. The van der Waals surface area contributed by atoms with E-state index in [9.17, 15) is 0 Å². The number of ether oxygens (including phenoxy) is 1. The lowest BCUT2D eigenvalue weighted by Gasteiger charge is -2.33. The molecular weight excluding hydrogens is 348 g/mol. The molecule has 0 aliphatic carbocycles. The molecule has 27 heavy (non-hydrogen) atoms. The largest absolute Gasteiger partial charge is 0.378 e. The molecule has 3 aromatic rings. The third kappa shape index (κ3) is 3.91. The van der Waals surface area contributed by atoms with Crippen molar-refractivity contribution in [3.63, 3.8) is 0 Å². The van der Waals surface area contributed by atoms with Crippen molar-refractivity contribution in [2.24, 2.45) is 13.0 Å². The van der Waals surface area contributed by atoms with E-state index < -0.39 is 0 Å². The summed E-state index contributed by atoms with van der Waals surface area (Å²) in [6.07, 6.45) is 5.17. The molecule has 144 valence electrons. The van der Waals surface area contributed by atoms with Gasteiger partial charge in [0.05, 0.1) is 37.6 Å². The molecule has 0 bridgehead atoms. The van der Waals surface area contributed by atoms with Crippen LogP contribution in [0, 0.1) is 5.92 Å². The standard InChI is InChI=1S/C17H24N8O2/c1-12(2)7-25-15(18-11-20-25)9-24-4-5-26-10-14(24)16-21-17(27-22-16)13-6-19-23(3)8-13/h6,8,11-12,14H,4-5,7,9-10H2,1-3H3. The Bertz CT molecular complexity index is 883. The van der Waals surface area contributed by atoms with Crippen LogP contribution in [0.2, 0.25) is 0 Å². The summed E-state index contributed by atoms with van der Waals surface area (Å²) in [5.74, 6) is 2.52. The number of aryl methyl sites for hydroxylation is 1. The molecule has 1 aliphatic rings. The smallest absolute Gasteiger partial charge is 0.261 e. The summed E-state index contributed by atoms with van der Waals surface area (Å²) in [6.45, 7) is 7.81. The Morgan fingerprint density at radius 1 is 1.30 bits per heavy atom. The molecule has 1 fully saturated rings. The van der Waals surface area contributed by atoms with E-state index in [1.807, 2.05) is 17.9 Å². The van der Waals surface area contributed by atoms with Crippen LogP contribution in [0.25, 0.3) is 11.5 Å². The number of hydrogen-bond donors (Lipinski definition) is 0. The highest BCUT2D eigenvalue weighted by atomic mass is 16.5. The molecule has 1 atom stereocenters. The van der Waals surface area contributed by atoms with Crippen molar-refractivity contribution < 1.29 is 9.26 Å². The van der Waals surface area contributed by atoms with Gasteiger partial charge in [-0.1, -0.05) is 19.0 Å². The van der Waals surface area contributed by atoms with Crippen LogP contribution in [0.15, 0.2) is 23.2 Å². The first-order valence-corrected chi connectivity index (χ1v) is 9.11. The highest BCUT2D eigenvalue weighted by molar-refractivity contribution is 5.49. The third-order valence-electron chi connectivity index (χ3n) is 4.51. The van der Waals surface area contributed by atoms with Crippen LogP contribution in [0.4, 0.5) is 0 Å². The van der Waals surface area contributed by atoms with Gasteiger partial charge in [-0.15, -0.1) is 0 Å². The highest BCUT2D eigenvalue weighted by Crippen LogP contribution is 2.26. The Morgan fingerprint density at radius 3 is 2.96 bits per heavy atom. The van der Waals surface area contributed by atoms with Crippen molar-refractivity contribution in [2.45, 2.75) is 33.0 Å².